The van der Waals surface area contributed by atoms with Crippen molar-refractivity contribution in [2.24, 2.45) is 0 Å². The summed E-state index contributed by atoms with van der Waals surface area (Å²) in [6.45, 7) is 1.93. The molecule has 1 aliphatic carbocycles. The molecule has 6 N–H and O–H groups in total. The van der Waals surface area contributed by atoms with E-state index in [0.29, 0.717) is 10.9 Å². The molecule has 1 saturated carbocycles. The maximum Gasteiger partial charge on any atom is 0.259 e. The molecule has 0 radical (unpaired) electrons. The molecule has 0 spiro atoms. The number of pyridine rings is 1. The number of hydrogen-bond donors (Lipinski definition) is 4. The van der Waals surface area contributed by atoms with Gasteiger partial charge in [0, 0.05) is 5.69 Å². The normalized spacial score (nSPS) is 16.1. The second-order valence-corrected chi connectivity index (χ2v) is 7.46. The molecule has 0 saturated heterocycles. The summed E-state index contributed by atoms with van der Waals surface area (Å²) >= 11 is 6.48. The zero-order valence-electron chi connectivity index (χ0n) is 15.0. The van der Waals surface area contributed by atoms with Crippen LogP contribution in [0.25, 0.3) is 5.52 Å². The third kappa shape index (κ3) is 2.99. The number of nitrogen functional groups attached to an aromatic ring is 2. The van der Waals surface area contributed by atoms with Gasteiger partial charge in [-0.2, -0.15) is 5.10 Å². The van der Waals surface area contributed by atoms with E-state index in [4.69, 9.17) is 23.1 Å². The monoisotopic (exact) mass is 387 g/mol. The van der Waals surface area contributed by atoms with E-state index < -0.39 is 0 Å². The van der Waals surface area contributed by atoms with Gasteiger partial charge >= 0.3 is 0 Å². The second-order valence-electron chi connectivity index (χ2n) is 7.06. The molecule has 0 aliphatic heterocycles. The molecule has 0 aromatic carbocycles. The van der Waals surface area contributed by atoms with Crippen molar-refractivity contribution in [1.29, 1.82) is 0 Å². The molecule has 1 fully saturated rings. The van der Waals surface area contributed by atoms with Crippen molar-refractivity contribution in [3.05, 3.63) is 40.4 Å². The van der Waals surface area contributed by atoms with E-state index in [1.165, 1.54) is 12.8 Å². The van der Waals surface area contributed by atoms with Crippen LogP contribution >= 0.6 is 11.6 Å². The Morgan fingerprint density at radius 2 is 2.15 bits per heavy atom. The van der Waals surface area contributed by atoms with Crippen molar-refractivity contribution < 1.29 is 4.79 Å². The summed E-state index contributed by atoms with van der Waals surface area (Å²) in [5, 5.41) is 9.89. The average molecular weight is 388 g/mol. The number of aromatic amines is 1. The number of imidazole rings is 1. The molecule has 4 rings (SSSR count). The van der Waals surface area contributed by atoms with Crippen LogP contribution in [0.15, 0.2) is 18.6 Å². The topological polar surface area (TPSA) is 127 Å². The van der Waals surface area contributed by atoms with Gasteiger partial charge in [0.05, 0.1) is 29.1 Å². The zero-order valence-corrected chi connectivity index (χ0v) is 15.8. The van der Waals surface area contributed by atoms with E-state index in [1.54, 1.807) is 12.5 Å². The van der Waals surface area contributed by atoms with E-state index in [9.17, 15) is 4.79 Å². The molecule has 3 aromatic rings. The first-order valence-corrected chi connectivity index (χ1v) is 9.39. The third-order valence-corrected chi connectivity index (χ3v) is 5.63. The molecule has 1 atom stereocenters. The Bertz CT molecular complexity index is 983. The lowest BCUT2D eigenvalue weighted by molar-refractivity contribution is 0.0941. The van der Waals surface area contributed by atoms with Crippen LogP contribution in [0, 0.1) is 0 Å². The molecular weight excluding hydrogens is 366 g/mol. The lowest BCUT2D eigenvalue weighted by atomic mass is 9.94. The summed E-state index contributed by atoms with van der Waals surface area (Å²) in [5.74, 6) is 0.274. The average Bonchev–Trinajstić information content (AvgIpc) is 3.36. The van der Waals surface area contributed by atoms with Crippen molar-refractivity contribution >= 4 is 34.7 Å². The molecule has 1 aliphatic rings. The molecule has 27 heavy (non-hydrogen) atoms. The summed E-state index contributed by atoms with van der Waals surface area (Å²) in [5.41, 5.74) is 14.7. The first-order chi connectivity index (χ1) is 13.0. The highest BCUT2D eigenvalue weighted by atomic mass is 35.5. The summed E-state index contributed by atoms with van der Waals surface area (Å²) in [6.07, 6.45) is 8.19. The fraction of sp³-hybridized carbons (Fsp3) is 0.389. The number of hydrogen-bond acceptors (Lipinski definition) is 5. The number of halogens is 1. The molecule has 3 aromatic heterocycles. The van der Waals surface area contributed by atoms with Crippen LogP contribution in [0.3, 0.4) is 0 Å². The SMILES string of the molecule is CC(NC(=O)c1c(N)n[nH]c1N)c1cc(Cl)c2cncn2c1C1CCCC1. The predicted octanol–water partition coefficient (Wildman–Crippen LogP) is 3.02. The van der Waals surface area contributed by atoms with Gasteiger partial charge in [0.15, 0.2) is 5.82 Å². The number of H-pyrrole nitrogens is 1. The molecule has 3 heterocycles. The minimum absolute atomic E-state index is 0.0799. The summed E-state index contributed by atoms with van der Waals surface area (Å²) in [7, 11) is 0. The number of aromatic nitrogens is 4. The van der Waals surface area contributed by atoms with Crippen LogP contribution in [-0.4, -0.2) is 25.5 Å². The number of nitrogens with one attached hydrogen (secondary N) is 2. The van der Waals surface area contributed by atoms with Gasteiger partial charge in [0.25, 0.3) is 5.91 Å². The van der Waals surface area contributed by atoms with Gasteiger partial charge in [-0.15, -0.1) is 0 Å². The Kier molecular flexibility index (Phi) is 4.43. The number of fused-ring (bicyclic) bond motifs is 1. The molecule has 142 valence electrons. The van der Waals surface area contributed by atoms with Crippen molar-refractivity contribution in [3.8, 4) is 0 Å². The van der Waals surface area contributed by atoms with Gasteiger partial charge in [0.2, 0.25) is 0 Å². The molecule has 9 heteroatoms. The van der Waals surface area contributed by atoms with Gasteiger partial charge < -0.3 is 21.2 Å². The Hall–Kier alpha value is -2.74. The Labute approximate surface area is 161 Å². The van der Waals surface area contributed by atoms with Gasteiger partial charge in [-0.05, 0) is 37.3 Å². The quantitative estimate of drug-likeness (QED) is 0.547. The standard InChI is InChI=1S/C18H22ClN7O/c1-9(23-18(27)14-16(20)24-25-17(14)21)11-6-12(19)13-7-22-8-26(13)15(11)10-4-2-3-5-10/h6-10H,2-5H2,1H3,(H,23,27)(H5,20,21,24,25). The summed E-state index contributed by atoms with van der Waals surface area (Å²) in [6, 6.07) is 1.64. The number of nitrogens with two attached hydrogens (primary N) is 2. The molecule has 1 amide bonds. The smallest absolute Gasteiger partial charge is 0.259 e. The second kappa shape index (κ2) is 6.77. The molecule has 0 bridgehead atoms. The maximum absolute atomic E-state index is 12.7. The fourth-order valence-electron chi connectivity index (χ4n) is 4.02. The van der Waals surface area contributed by atoms with Crippen molar-refractivity contribution in [3.63, 3.8) is 0 Å². The Morgan fingerprint density at radius 1 is 1.41 bits per heavy atom. The van der Waals surface area contributed by atoms with Crippen LogP contribution in [0.2, 0.25) is 5.02 Å². The summed E-state index contributed by atoms with van der Waals surface area (Å²) < 4.78 is 2.05. The van der Waals surface area contributed by atoms with E-state index >= 15 is 0 Å². The third-order valence-electron chi connectivity index (χ3n) is 5.33. The van der Waals surface area contributed by atoms with Crippen LogP contribution < -0.4 is 16.8 Å². The molecule has 8 nitrogen and oxygen atoms in total. The van der Waals surface area contributed by atoms with Crippen LogP contribution in [-0.2, 0) is 0 Å². The minimum Gasteiger partial charge on any atom is -0.383 e. The van der Waals surface area contributed by atoms with E-state index in [1.807, 2.05) is 13.0 Å². The maximum atomic E-state index is 12.7. The van der Waals surface area contributed by atoms with Gasteiger partial charge in [-0.1, -0.05) is 24.4 Å². The molecule has 1 unspecified atom stereocenters. The van der Waals surface area contributed by atoms with Crippen molar-refractivity contribution in [1.82, 2.24) is 24.9 Å². The number of amides is 1. The van der Waals surface area contributed by atoms with Crippen molar-refractivity contribution in [2.45, 2.75) is 44.6 Å². The van der Waals surface area contributed by atoms with E-state index in [-0.39, 0.29) is 29.1 Å². The first-order valence-electron chi connectivity index (χ1n) is 9.02. The predicted molar refractivity (Wildman–Crippen MR) is 105 cm³/mol. The fourth-order valence-corrected chi connectivity index (χ4v) is 4.28. The Balaban J connectivity index is 1.74. The van der Waals surface area contributed by atoms with Crippen molar-refractivity contribution in [2.75, 3.05) is 11.5 Å². The van der Waals surface area contributed by atoms with Crippen LogP contribution in [0.5, 0.6) is 0 Å². The first kappa shape index (κ1) is 17.7. The number of anilines is 2. The lowest BCUT2D eigenvalue weighted by Gasteiger charge is -2.23. The highest BCUT2D eigenvalue weighted by molar-refractivity contribution is 6.33. The highest BCUT2D eigenvalue weighted by Gasteiger charge is 2.27. The largest absolute Gasteiger partial charge is 0.383 e. The molecular formula is C18H22ClN7O. The Morgan fingerprint density at radius 3 is 2.81 bits per heavy atom. The zero-order chi connectivity index (χ0) is 19.1. The summed E-state index contributed by atoms with van der Waals surface area (Å²) in [4.78, 5) is 16.9. The number of nitrogens with zero attached hydrogens (tertiary/aromatic N) is 3. The van der Waals surface area contributed by atoms with Gasteiger partial charge in [-0.25, -0.2) is 4.98 Å². The van der Waals surface area contributed by atoms with Crippen LogP contribution in [0.4, 0.5) is 11.6 Å². The number of carbonyl (C=O) groups is 1. The van der Waals surface area contributed by atoms with Gasteiger partial charge in [0.1, 0.15) is 11.4 Å². The van der Waals surface area contributed by atoms with E-state index in [2.05, 4.69) is 24.9 Å². The van der Waals surface area contributed by atoms with Crippen LogP contribution in [0.1, 0.15) is 66.2 Å². The lowest BCUT2D eigenvalue weighted by Crippen LogP contribution is -2.29. The highest BCUT2D eigenvalue weighted by Crippen LogP contribution is 2.39. The van der Waals surface area contributed by atoms with Gasteiger partial charge in [-0.3, -0.25) is 9.89 Å². The van der Waals surface area contributed by atoms with E-state index in [0.717, 1.165) is 29.6 Å². The minimum atomic E-state index is -0.370. The number of carbonyl (C=O) groups excluding carboxylic acids is 1. The number of rotatable bonds is 4.